The van der Waals surface area contributed by atoms with Crippen LogP contribution in [-0.4, -0.2) is 10.5 Å². The molecule has 108 valence electrons. The van der Waals surface area contributed by atoms with Gasteiger partial charge in [0.15, 0.2) is 0 Å². The number of halogens is 3. The van der Waals surface area contributed by atoms with Gasteiger partial charge in [0.25, 0.3) is 0 Å². The van der Waals surface area contributed by atoms with Crippen LogP contribution in [0.5, 0.6) is 0 Å². The van der Waals surface area contributed by atoms with Gasteiger partial charge in [0.2, 0.25) is 0 Å². The van der Waals surface area contributed by atoms with E-state index in [4.69, 9.17) is 0 Å². The van der Waals surface area contributed by atoms with E-state index < -0.39 is 5.51 Å². The lowest BCUT2D eigenvalue weighted by Gasteiger charge is -2.08. The second kappa shape index (κ2) is 6.05. The Kier molecular flexibility index (Phi) is 4.59. The molecule has 0 unspecified atom stereocenters. The molecule has 1 N–H and O–H groups in total. The third-order valence-corrected chi connectivity index (χ3v) is 4.35. The molecule has 0 atom stereocenters. The van der Waals surface area contributed by atoms with Gasteiger partial charge in [-0.25, -0.2) is 4.98 Å². The fourth-order valence-electron chi connectivity index (χ4n) is 1.69. The van der Waals surface area contributed by atoms with Gasteiger partial charge >= 0.3 is 5.51 Å². The van der Waals surface area contributed by atoms with Crippen molar-refractivity contribution < 1.29 is 13.2 Å². The second-order valence-electron chi connectivity index (χ2n) is 4.17. The molecule has 0 amide bonds. The van der Waals surface area contributed by atoms with Crippen molar-refractivity contribution in [3.63, 3.8) is 0 Å². The van der Waals surface area contributed by atoms with Crippen molar-refractivity contribution in [2.75, 3.05) is 5.32 Å². The summed E-state index contributed by atoms with van der Waals surface area (Å²) in [7, 11) is 0. The fraction of sp³-hybridized carbons (Fsp3) is 0.308. The van der Waals surface area contributed by atoms with Crippen LogP contribution in [0, 0.1) is 13.8 Å². The van der Waals surface area contributed by atoms with Crippen LogP contribution in [0.25, 0.3) is 0 Å². The minimum absolute atomic E-state index is 0.106. The quantitative estimate of drug-likeness (QED) is 0.804. The number of hydrogen-bond acceptors (Lipinski definition) is 4. The van der Waals surface area contributed by atoms with Crippen molar-refractivity contribution in [1.29, 1.82) is 0 Å². The number of thiazole rings is 1. The number of anilines is 1. The average Bonchev–Trinajstić information content (AvgIpc) is 2.65. The largest absolute Gasteiger partial charge is 0.446 e. The lowest BCUT2D eigenvalue weighted by molar-refractivity contribution is -0.0328. The predicted molar refractivity (Wildman–Crippen MR) is 77.3 cm³/mol. The summed E-state index contributed by atoms with van der Waals surface area (Å²) in [5, 5.41) is 4.20. The molecule has 20 heavy (non-hydrogen) atoms. The van der Waals surface area contributed by atoms with Crippen LogP contribution < -0.4 is 5.32 Å². The molecular formula is C13H13F3N2S2. The van der Waals surface area contributed by atoms with E-state index in [2.05, 4.69) is 10.3 Å². The molecule has 0 aliphatic carbocycles. The van der Waals surface area contributed by atoms with Crippen molar-refractivity contribution in [2.24, 2.45) is 0 Å². The number of aryl methyl sites for hydroxylation is 2. The van der Waals surface area contributed by atoms with Crippen LogP contribution in [0.3, 0.4) is 0 Å². The minimum atomic E-state index is -4.24. The zero-order chi connectivity index (χ0) is 14.8. The normalized spacial score (nSPS) is 11.7. The maximum Gasteiger partial charge on any atom is 0.446 e. The Hall–Kier alpha value is -1.21. The SMILES string of the molecule is Cc1nc(C)c(CNc2ccc(SC(F)(F)F)cc2)s1. The van der Waals surface area contributed by atoms with Crippen LogP contribution in [-0.2, 0) is 6.54 Å². The van der Waals surface area contributed by atoms with E-state index in [0.717, 1.165) is 21.3 Å². The highest BCUT2D eigenvalue weighted by Gasteiger charge is 2.28. The van der Waals surface area contributed by atoms with Gasteiger partial charge in [0.1, 0.15) is 0 Å². The van der Waals surface area contributed by atoms with Crippen LogP contribution in [0.2, 0.25) is 0 Å². The fourth-order valence-corrected chi connectivity index (χ4v) is 3.11. The first-order valence-corrected chi connectivity index (χ1v) is 7.49. The maximum absolute atomic E-state index is 12.2. The van der Waals surface area contributed by atoms with E-state index in [1.54, 1.807) is 23.5 Å². The molecule has 0 saturated carbocycles. The van der Waals surface area contributed by atoms with Gasteiger partial charge in [-0.3, -0.25) is 0 Å². The molecule has 2 nitrogen and oxygen atoms in total. The van der Waals surface area contributed by atoms with Crippen LogP contribution in [0.1, 0.15) is 15.6 Å². The number of alkyl halides is 3. The van der Waals surface area contributed by atoms with Crippen LogP contribution in [0.4, 0.5) is 18.9 Å². The Labute approximate surface area is 123 Å². The highest BCUT2D eigenvalue weighted by molar-refractivity contribution is 8.00. The molecule has 1 aromatic heterocycles. The molecule has 2 rings (SSSR count). The molecule has 0 fully saturated rings. The highest BCUT2D eigenvalue weighted by Crippen LogP contribution is 2.37. The Morgan fingerprint density at radius 3 is 2.35 bits per heavy atom. The minimum Gasteiger partial charge on any atom is -0.380 e. The highest BCUT2D eigenvalue weighted by atomic mass is 32.2. The van der Waals surface area contributed by atoms with Gasteiger partial charge in [-0.1, -0.05) is 0 Å². The summed E-state index contributed by atoms with van der Waals surface area (Å²) in [6.07, 6.45) is 0. The summed E-state index contributed by atoms with van der Waals surface area (Å²) in [5.41, 5.74) is -2.46. The van der Waals surface area contributed by atoms with Gasteiger partial charge in [-0.15, -0.1) is 11.3 Å². The van der Waals surface area contributed by atoms with Crippen molar-refractivity contribution in [3.05, 3.63) is 39.8 Å². The van der Waals surface area contributed by atoms with Gasteiger partial charge in [-0.2, -0.15) is 13.2 Å². The van der Waals surface area contributed by atoms with E-state index in [9.17, 15) is 13.2 Å². The molecule has 0 spiro atoms. The molecule has 0 aliphatic heterocycles. The van der Waals surface area contributed by atoms with Crippen molar-refractivity contribution in [2.45, 2.75) is 30.8 Å². The zero-order valence-corrected chi connectivity index (χ0v) is 12.5. The van der Waals surface area contributed by atoms with Crippen molar-refractivity contribution in [1.82, 2.24) is 4.98 Å². The standard InChI is InChI=1S/C13H13F3N2S2/c1-8-12(19-9(2)18-8)7-17-10-3-5-11(6-4-10)20-13(14,15)16/h3-6,17H,7H2,1-2H3. The topological polar surface area (TPSA) is 24.9 Å². The summed E-state index contributed by atoms with van der Waals surface area (Å²) in [6.45, 7) is 4.52. The van der Waals surface area contributed by atoms with E-state index in [1.807, 2.05) is 13.8 Å². The first-order chi connectivity index (χ1) is 9.33. The summed E-state index contributed by atoms with van der Waals surface area (Å²) in [4.78, 5) is 5.65. The van der Waals surface area contributed by atoms with Gasteiger partial charge in [0.05, 0.1) is 17.2 Å². The molecule has 7 heteroatoms. The van der Waals surface area contributed by atoms with Crippen molar-refractivity contribution in [3.8, 4) is 0 Å². The molecule has 0 saturated heterocycles. The average molecular weight is 318 g/mol. The molecule has 0 radical (unpaired) electrons. The lowest BCUT2D eigenvalue weighted by Crippen LogP contribution is -2.00. The number of hydrogen-bond donors (Lipinski definition) is 1. The van der Waals surface area contributed by atoms with Gasteiger partial charge in [0, 0.05) is 15.5 Å². The monoisotopic (exact) mass is 318 g/mol. The Bertz CT molecular complexity index is 576. The Morgan fingerprint density at radius 2 is 1.85 bits per heavy atom. The summed E-state index contributed by atoms with van der Waals surface area (Å²) in [5.74, 6) is 0. The van der Waals surface area contributed by atoms with E-state index in [1.165, 1.54) is 12.1 Å². The molecule has 1 heterocycles. The molecule has 0 bridgehead atoms. The first-order valence-electron chi connectivity index (χ1n) is 5.86. The number of nitrogens with zero attached hydrogens (tertiary/aromatic N) is 1. The third-order valence-electron chi connectivity index (χ3n) is 2.54. The molecular weight excluding hydrogens is 305 g/mol. The molecule has 0 aliphatic rings. The van der Waals surface area contributed by atoms with E-state index >= 15 is 0 Å². The summed E-state index contributed by atoms with van der Waals surface area (Å²) < 4.78 is 36.6. The van der Waals surface area contributed by atoms with Crippen LogP contribution in [0.15, 0.2) is 29.2 Å². The van der Waals surface area contributed by atoms with E-state index in [0.29, 0.717) is 6.54 Å². The van der Waals surface area contributed by atoms with E-state index in [-0.39, 0.29) is 16.7 Å². The number of benzene rings is 1. The Balaban J connectivity index is 1.96. The molecule has 1 aromatic carbocycles. The lowest BCUT2D eigenvalue weighted by atomic mass is 10.3. The summed E-state index contributed by atoms with van der Waals surface area (Å²) >= 11 is 1.51. The maximum atomic E-state index is 12.2. The third kappa shape index (κ3) is 4.42. The van der Waals surface area contributed by atoms with Gasteiger partial charge < -0.3 is 5.32 Å². The van der Waals surface area contributed by atoms with Crippen molar-refractivity contribution >= 4 is 28.8 Å². The number of nitrogens with one attached hydrogen (secondary N) is 1. The predicted octanol–water partition coefficient (Wildman–Crippen LogP) is 4.98. The zero-order valence-electron chi connectivity index (χ0n) is 10.9. The number of rotatable bonds is 4. The number of aromatic nitrogens is 1. The molecule has 2 aromatic rings. The Morgan fingerprint density at radius 1 is 1.20 bits per heavy atom. The van der Waals surface area contributed by atoms with Crippen LogP contribution >= 0.6 is 23.1 Å². The smallest absolute Gasteiger partial charge is 0.380 e. The first kappa shape index (κ1) is 15.2. The second-order valence-corrected chi connectivity index (χ2v) is 6.59. The number of thioether (sulfide) groups is 1. The summed E-state index contributed by atoms with van der Waals surface area (Å²) in [6, 6.07) is 6.23. The van der Waals surface area contributed by atoms with Gasteiger partial charge in [-0.05, 0) is 49.9 Å².